The van der Waals surface area contributed by atoms with Crippen LogP contribution in [0.3, 0.4) is 0 Å². The molecule has 160 valence electrons. The van der Waals surface area contributed by atoms with Gasteiger partial charge in [-0.25, -0.2) is 0 Å². The number of esters is 1. The van der Waals surface area contributed by atoms with E-state index < -0.39 is 0 Å². The minimum Gasteiger partial charge on any atom is -0.496 e. The summed E-state index contributed by atoms with van der Waals surface area (Å²) in [5.74, 6) is 1.79. The standard InChI is InChI=1S/C21H30N2O3.CH2O2/c1-6-26-21(24)19-13(2)7-8-16-10-23(11-17(16)19)12-18-15(4)20(25-5)14(3)9-22-18;2-1-3/h7-9,13,16-17,19H,6,10-12H2,1-5H3;1H,(H,2,3)/t13-,16-,17-,19-;/m0./s1. The van der Waals surface area contributed by atoms with E-state index in [1.165, 1.54) is 0 Å². The van der Waals surface area contributed by atoms with Gasteiger partial charge in [0.2, 0.25) is 0 Å². The summed E-state index contributed by atoms with van der Waals surface area (Å²) < 4.78 is 10.9. The van der Waals surface area contributed by atoms with Gasteiger partial charge in [-0.15, -0.1) is 0 Å². The number of hydrogen-bond acceptors (Lipinski definition) is 6. The largest absolute Gasteiger partial charge is 0.496 e. The van der Waals surface area contributed by atoms with E-state index >= 15 is 0 Å². The molecule has 0 bridgehead atoms. The van der Waals surface area contributed by atoms with Crippen molar-refractivity contribution in [1.29, 1.82) is 0 Å². The number of aryl methyl sites for hydroxylation is 1. The van der Waals surface area contributed by atoms with E-state index in [2.05, 4.69) is 35.9 Å². The molecule has 1 saturated heterocycles. The smallest absolute Gasteiger partial charge is 0.309 e. The number of hydrogen-bond donors (Lipinski definition) is 1. The summed E-state index contributed by atoms with van der Waals surface area (Å²) >= 11 is 0. The number of allylic oxidation sites excluding steroid dienone is 1. The Labute approximate surface area is 172 Å². The summed E-state index contributed by atoms with van der Waals surface area (Å²) in [6.45, 7) is 10.9. The Balaban J connectivity index is 0.000000941. The first-order valence-electron chi connectivity index (χ1n) is 10.0. The van der Waals surface area contributed by atoms with Crippen molar-refractivity contribution in [2.45, 2.75) is 34.2 Å². The third-order valence-electron chi connectivity index (χ3n) is 5.86. The number of methoxy groups -OCH3 is 1. The molecule has 0 spiro atoms. The van der Waals surface area contributed by atoms with Gasteiger partial charge in [0.05, 0.1) is 25.3 Å². The zero-order valence-corrected chi connectivity index (χ0v) is 17.9. The van der Waals surface area contributed by atoms with Crippen LogP contribution in [0.1, 0.15) is 30.7 Å². The Bertz CT molecular complexity index is 749. The van der Waals surface area contributed by atoms with Crippen molar-refractivity contribution in [3.63, 3.8) is 0 Å². The van der Waals surface area contributed by atoms with Gasteiger partial charge in [0.1, 0.15) is 5.75 Å². The Kier molecular flexibility index (Phi) is 8.20. The van der Waals surface area contributed by atoms with Crippen molar-refractivity contribution < 1.29 is 24.2 Å². The van der Waals surface area contributed by atoms with Crippen molar-refractivity contribution in [3.05, 3.63) is 35.2 Å². The second kappa shape index (κ2) is 10.4. The molecule has 1 fully saturated rings. The highest BCUT2D eigenvalue weighted by Gasteiger charge is 2.44. The number of pyridine rings is 1. The zero-order chi connectivity index (χ0) is 21.6. The number of carbonyl (C=O) groups is 2. The van der Waals surface area contributed by atoms with E-state index in [-0.39, 0.29) is 24.3 Å². The van der Waals surface area contributed by atoms with E-state index in [0.29, 0.717) is 18.4 Å². The molecule has 2 heterocycles. The SMILES string of the molecule is CCOC(=O)[C@@H]1[C@H]2CN(Cc3ncc(C)c(OC)c3C)C[C@@H]2C=C[C@@H]1C.O=CO. The Morgan fingerprint density at radius 3 is 2.66 bits per heavy atom. The van der Waals surface area contributed by atoms with E-state index in [1.807, 2.05) is 20.0 Å². The molecule has 0 saturated carbocycles. The lowest BCUT2D eigenvalue weighted by Gasteiger charge is -2.32. The molecule has 0 radical (unpaired) electrons. The quantitative estimate of drug-likeness (QED) is 0.458. The minimum absolute atomic E-state index is 0.0449. The van der Waals surface area contributed by atoms with Crippen LogP contribution in [-0.2, 0) is 20.9 Å². The first-order chi connectivity index (χ1) is 13.9. The summed E-state index contributed by atoms with van der Waals surface area (Å²) in [7, 11) is 1.71. The fourth-order valence-electron chi connectivity index (χ4n) is 4.55. The van der Waals surface area contributed by atoms with Crippen LogP contribution in [0.25, 0.3) is 0 Å². The van der Waals surface area contributed by atoms with Gasteiger partial charge in [-0.1, -0.05) is 19.1 Å². The van der Waals surface area contributed by atoms with Gasteiger partial charge in [0.15, 0.2) is 0 Å². The minimum atomic E-state index is -0.250. The van der Waals surface area contributed by atoms with E-state index in [4.69, 9.17) is 19.4 Å². The first-order valence-corrected chi connectivity index (χ1v) is 10.0. The predicted molar refractivity (Wildman–Crippen MR) is 110 cm³/mol. The van der Waals surface area contributed by atoms with Crippen LogP contribution in [0.2, 0.25) is 0 Å². The number of likely N-dealkylation sites (tertiary alicyclic amines) is 1. The van der Waals surface area contributed by atoms with Crippen LogP contribution < -0.4 is 4.74 Å². The first kappa shape index (κ1) is 22.9. The van der Waals surface area contributed by atoms with Gasteiger partial charge in [-0.2, -0.15) is 0 Å². The maximum absolute atomic E-state index is 12.5. The van der Waals surface area contributed by atoms with Gasteiger partial charge in [0, 0.05) is 37.0 Å². The molecular formula is C22H32N2O5. The Morgan fingerprint density at radius 2 is 2.03 bits per heavy atom. The van der Waals surface area contributed by atoms with Crippen molar-refractivity contribution in [2.24, 2.45) is 23.7 Å². The van der Waals surface area contributed by atoms with Crippen LogP contribution >= 0.6 is 0 Å². The molecule has 1 aromatic heterocycles. The molecule has 7 heteroatoms. The Hall–Kier alpha value is -2.41. The fraction of sp³-hybridized carbons (Fsp3) is 0.591. The van der Waals surface area contributed by atoms with Gasteiger partial charge in [0.25, 0.3) is 6.47 Å². The average Bonchev–Trinajstić information content (AvgIpc) is 3.07. The highest BCUT2D eigenvalue weighted by atomic mass is 16.5. The number of nitrogens with zero attached hydrogens (tertiary/aromatic N) is 2. The summed E-state index contributed by atoms with van der Waals surface area (Å²) in [6, 6.07) is 0. The van der Waals surface area contributed by atoms with Crippen LogP contribution in [0.4, 0.5) is 0 Å². The number of carboxylic acid groups (broad SMARTS) is 1. The van der Waals surface area contributed by atoms with Crippen LogP contribution in [0, 0.1) is 37.5 Å². The molecule has 3 rings (SSSR count). The lowest BCUT2D eigenvalue weighted by molar-refractivity contribution is -0.152. The molecule has 1 N–H and O–H groups in total. The lowest BCUT2D eigenvalue weighted by Crippen LogP contribution is -2.37. The number of rotatable bonds is 5. The number of carbonyl (C=O) groups excluding carboxylic acids is 1. The van der Waals surface area contributed by atoms with Crippen molar-refractivity contribution in [1.82, 2.24) is 9.88 Å². The lowest BCUT2D eigenvalue weighted by atomic mass is 9.72. The second-order valence-electron chi connectivity index (χ2n) is 7.70. The van der Waals surface area contributed by atoms with Crippen molar-refractivity contribution in [3.8, 4) is 5.75 Å². The normalized spacial score (nSPS) is 25.6. The highest BCUT2D eigenvalue weighted by molar-refractivity contribution is 5.74. The summed E-state index contributed by atoms with van der Waals surface area (Å²) in [4.78, 5) is 27.9. The monoisotopic (exact) mass is 404 g/mol. The fourth-order valence-corrected chi connectivity index (χ4v) is 4.55. The zero-order valence-electron chi connectivity index (χ0n) is 17.9. The molecule has 0 amide bonds. The Morgan fingerprint density at radius 1 is 1.34 bits per heavy atom. The molecule has 1 aliphatic carbocycles. The number of fused-ring (bicyclic) bond motifs is 1. The molecule has 7 nitrogen and oxygen atoms in total. The second-order valence-corrected chi connectivity index (χ2v) is 7.70. The van der Waals surface area contributed by atoms with Crippen LogP contribution in [0.5, 0.6) is 5.75 Å². The molecule has 2 aliphatic rings. The highest BCUT2D eigenvalue weighted by Crippen LogP contribution is 2.40. The summed E-state index contributed by atoms with van der Waals surface area (Å²) in [5.41, 5.74) is 3.21. The number of aromatic nitrogens is 1. The van der Waals surface area contributed by atoms with E-state index in [1.54, 1.807) is 7.11 Å². The van der Waals surface area contributed by atoms with Crippen LogP contribution in [0.15, 0.2) is 18.3 Å². The number of ether oxygens (including phenoxy) is 2. The topological polar surface area (TPSA) is 89.0 Å². The predicted octanol–water partition coefficient (Wildman–Crippen LogP) is 2.84. The van der Waals surface area contributed by atoms with E-state index in [9.17, 15) is 4.79 Å². The van der Waals surface area contributed by atoms with Crippen molar-refractivity contribution >= 4 is 12.4 Å². The van der Waals surface area contributed by atoms with Gasteiger partial charge < -0.3 is 14.6 Å². The van der Waals surface area contributed by atoms with Gasteiger partial charge in [-0.05, 0) is 38.5 Å². The maximum atomic E-state index is 12.5. The summed E-state index contributed by atoms with van der Waals surface area (Å²) in [6.07, 6.45) is 6.36. The molecule has 29 heavy (non-hydrogen) atoms. The maximum Gasteiger partial charge on any atom is 0.309 e. The third kappa shape index (κ3) is 5.15. The third-order valence-corrected chi connectivity index (χ3v) is 5.86. The molecule has 4 atom stereocenters. The van der Waals surface area contributed by atoms with Crippen LogP contribution in [-0.4, -0.2) is 54.2 Å². The molecule has 1 aliphatic heterocycles. The van der Waals surface area contributed by atoms with Crippen molar-refractivity contribution in [2.75, 3.05) is 26.8 Å². The van der Waals surface area contributed by atoms with Gasteiger partial charge >= 0.3 is 5.97 Å². The molecular weight excluding hydrogens is 372 g/mol. The summed E-state index contributed by atoms with van der Waals surface area (Å²) in [5, 5.41) is 6.89. The van der Waals surface area contributed by atoms with Gasteiger partial charge in [-0.3, -0.25) is 19.5 Å². The molecule has 0 unspecified atom stereocenters. The average molecular weight is 405 g/mol. The van der Waals surface area contributed by atoms with E-state index in [0.717, 1.165) is 42.2 Å². The molecule has 1 aromatic rings. The molecule has 0 aromatic carbocycles.